The number of anilines is 1. The zero-order valence-electron chi connectivity index (χ0n) is 17.9. The van der Waals surface area contributed by atoms with Crippen LogP contribution in [0.3, 0.4) is 0 Å². The van der Waals surface area contributed by atoms with Gasteiger partial charge >= 0.3 is 0 Å². The SMILES string of the molecule is O=C(Cc1csc(NC(=O)c2ccccc2)n1)NCCN1C(=O)S/C(=C\c2ccccc2)C1=O. The van der Waals surface area contributed by atoms with E-state index in [4.69, 9.17) is 0 Å². The second-order valence-electron chi connectivity index (χ2n) is 7.23. The quantitative estimate of drug-likeness (QED) is 0.463. The van der Waals surface area contributed by atoms with E-state index in [1.165, 1.54) is 11.3 Å². The molecule has 1 aromatic heterocycles. The summed E-state index contributed by atoms with van der Waals surface area (Å²) in [5.74, 6) is -0.936. The molecule has 2 aromatic carbocycles. The molecule has 3 aromatic rings. The highest BCUT2D eigenvalue weighted by atomic mass is 32.2. The number of imide groups is 1. The second kappa shape index (κ2) is 10.9. The number of aromatic nitrogens is 1. The molecule has 0 atom stereocenters. The van der Waals surface area contributed by atoms with E-state index < -0.39 is 0 Å². The van der Waals surface area contributed by atoms with E-state index in [0.717, 1.165) is 22.2 Å². The zero-order chi connectivity index (χ0) is 23.9. The molecule has 0 unspecified atom stereocenters. The predicted molar refractivity (Wildman–Crippen MR) is 132 cm³/mol. The topological polar surface area (TPSA) is 108 Å². The summed E-state index contributed by atoms with van der Waals surface area (Å²) in [5.41, 5.74) is 1.87. The Morgan fingerprint density at radius 2 is 1.71 bits per heavy atom. The minimum atomic E-state index is -0.369. The van der Waals surface area contributed by atoms with Crippen LogP contribution in [0.2, 0.25) is 0 Å². The van der Waals surface area contributed by atoms with Crippen molar-refractivity contribution in [3.63, 3.8) is 0 Å². The van der Waals surface area contributed by atoms with Crippen molar-refractivity contribution in [3.05, 3.63) is 87.8 Å². The van der Waals surface area contributed by atoms with Crippen molar-refractivity contribution < 1.29 is 19.2 Å². The fourth-order valence-corrected chi connectivity index (χ4v) is 4.70. The fraction of sp³-hybridized carbons (Fsp3) is 0.125. The highest BCUT2D eigenvalue weighted by Crippen LogP contribution is 2.31. The Morgan fingerprint density at radius 1 is 1.00 bits per heavy atom. The fourth-order valence-electron chi connectivity index (χ4n) is 3.13. The number of nitrogens with one attached hydrogen (secondary N) is 2. The van der Waals surface area contributed by atoms with Crippen LogP contribution in [0.5, 0.6) is 0 Å². The Labute approximate surface area is 204 Å². The molecule has 0 saturated carbocycles. The van der Waals surface area contributed by atoms with Crippen molar-refractivity contribution in [1.29, 1.82) is 0 Å². The first-order valence-corrected chi connectivity index (χ1v) is 12.1. The normalized spacial score (nSPS) is 14.5. The Bertz CT molecular complexity index is 1240. The van der Waals surface area contributed by atoms with Gasteiger partial charge in [-0.15, -0.1) is 11.3 Å². The number of hydrogen-bond donors (Lipinski definition) is 2. The second-order valence-corrected chi connectivity index (χ2v) is 9.09. The standard InChI is InChI=1S/C24H20N4O4S2/c29-20(14-18-15-33-23(26-18)27-21(30)17-9-5-2-6-10-17)25-11-12-28-22(31)19(34-24(28)32)13-16-7-3-1-4-8-16/h1-10,13,15H,11-12,14H2,(H,25,29)(H,26,27,30)/b19-13-. The molecule has 2 N–H and O–H groups in total. The maximum atomic E-state index is 12.5. The Hall–Kier alpha value is -3.76. The van der Waals surface area contributed by atoms with E-state index in [2.05, 4.69) is 15.6 Å². The summed E-state index contributed by atoms with van der Waals surface area (Å²) >= 11 is 2.12. The molecule has 0 bridgehead atoms. The monoisotopic (exact) mass is 492 g/mol. The average molecular weight is 493 g/mol. The van der Waals surface area contributed by atoms with Gasteiger partial charge in [-0.3, -0.25) is 29.4 Å². The number of benzene rings is 2. The van der Waals surface area contributed by atoms with Crippen molar-refractivity contribution in [3.8, 4) is 0 Å². The summed E-state index contributed by atoms with van der Waals surface area (Å²) in [4.78, 5) is 55.0. The molecule has 34 heavy (non-hydrogen) atoms. The van der Waals surface area contributed by atoms with Gasteiger partial charge in [0.25, 0.3) is 17.1 Å². The lowest BCUT2D eigenvalue weighted by Gasteiger charge is -2.12. The van der Waals surface area contributed by atoms with Gasteiger partial charge in [0.05, 0.1) is 17.0 Å². The maximum Gasteiger partial charge on any atom is 0.293 e. The third-order valence-electron chi connectivity index (χ3n) is 4.78. The summed E-state index contributed by atoms with van der Waals surface area (Å²) < 4.78 is 0. The minimum absolute atomic E-state index is 0.0213. The van der Waals surface area contributed by atoms with E-state index in [0.29, 0.717) is 21.3 Å². The Balaban J connectivity index is 1.24. The largest absolute Gasteiger partial charge is 0.354 e. The van der Waals surface area contributed by atoms with E-state index in [-0.39, 0.29) is 42.5 Å². The number of carbonyl (C=O) groups excluding carboxylic acids is 4. The molecule has 0 radical (unpaired) electrons. The first-order chi connectivity index (χ1) is 16.5. The summed E-state index contributed by atoms with van der Waals surface area (Å²) in [5, 5.41) is 7.15. The molecule has 4 amide bonds. The van der Waals surface area contributed by atoms with Gasteiger partial charge in [-0.2, -0.15) is 0 Å². The average Bonchev–Trinajstić information content (AvgIpc) is 3.38. The molecule has 1 aliphatic rings. The highest BCUT2D eigenvalue weighted by molar-refractivity contribution is 8.18. The molecule has 2 heterocycles. The molecule has 0 spiro atoms. The molecular weight excluding hydrogens is 472 g/mol. The third kappa shape index (κ3) is 5.97. The number of hydrogen-bond acceptors (Lipinski definition) is 7. The number of carbonyl (C=O) groups is 4. The van der Waals surface area contributed by atoms with Gasteiger partial charge in [0.15, 0.2) is 5.13 Å². The van der Waals surface area contributed by atoms with Crippen LogP contribution < -0.4 is 10.6 Å². The predicted octanol–water partition coefficient (Wildman–Crippen LogP) is 3.79. The van der Waals surface area contributed by atoms with E-state index in [1.807, 2.05) is 36.4 Å². The van der Waals surface area contributed by atoms with Crippen molar-refractivity contribution in [2.45, 2.75) is 6.42 Å². The van der Waals surface area contributed by atoms with Crippen LogP contribution in [-0.4, -0.2) is 45.9 Å². The van der Waals surface area contributed by atoms with Crippen LogP contribution in [-0.2, 0) is 16.0 Å². The van der Waals surface area contributed by atoms with Crippen molar-refractivity contribution in [1.82, 2.24) is 15.2 Å². The third-order valence-corrected chi connectivity index (χ3v) is 6.49. The molecule has 0 aliphatic carbocycles. The molecule has 8 nitrogen and oxygen atoms in total. The number of amides is 4. The summed E-state index contributed by atoms with van der Waals surface area (Å²) in [6.07, 6.45) is 1.70. The first kappa shape index (κ1) is 23.4. The van der Waals surface area contributed by atoms with Crippen LogP contribution >= 0.6 is 23.1 Å². The lowest BCUT2D eigenvalue weighted by Crippen LogP contribution is -2.37. The maximum absolute atomic E-state index is 12.5. The Morgan fingerprint density at radius 3 is 2.44 bits per heavy atom. The smallest absolute Gasteiger partial charge is 0.293 e. The van der Waals surface area contributed by atoms with Crippen molar-refractivity contribution >= 4 is 57.3 Å². The minimum Gasteiger partial charge on any atom is -0.354 e. The number of nitrogens with zero attached hydrogens (tertiary/aromatic N) is 2. The van der Waals surface area contributed by atoms with Gasteiger partial charge in [-0.1, -0.05) is 48.5 Å². The first-order valence-electron chi connectivity index (χ1n) is 10.4. The van der Waals surface area contributed by atoms with Gasteiger partial charge in [0.2, 0.25) is 5.91 Å². The molecule has 172 valence electrons. The zero-order valence-corrected chi connectivity index (χ0v) is 19.5. The van der Waals surface area contributed by atoms with Crippen LogP contribution in [0.15, 0.2) is 70.9 Å². The van der Waals surface area contributed by atoms with Gasteiger partial charge < -0.3 is 5.32 Å². The van der Waals surface area contributed by atoms with Crippen molar-refractivity contribution in [2.24, 2.45) is 0 Å². The number of rotatable bonds is 8. The summed E-state index contributed by atoms with van der Waals surface area (Å²) in [7, 11) is 0. The van der Waals surface area contributed by atoms with E-state index >= 15 is 0 Å². The van der Waals surface area contributed by atoms with Gasteiger partial charge in [0, 0.05) is 24.0 Å². The molecule has 4 rings (SSSR count). The van der Waals surface area contributed by atoms with Crippen LogP contribution in [0, 0.1) is 0 Å². The van der Waals surface area contributed by atoms with E-state index in [1.54, 1.807) is 35.7 Å². The lowest BCUT2D eigenvalue weighted by molar-refractivity contribution is -0.124. The summed E-state index contributed by atoms with van der Waals surface area (Å²) in [6, 6.07) is 18.1. The van der Waals surface area contributed by atoms with Gasteiger partial charge in [0.1, 0.15) is 0 Å². The van der Waals surface area contributed by atoms with E-state index in [9.17, 15) is 19.2 Å². The molecular formula is C24H20N4O4S2. The van der Waals surface area contributed by atoms with Crippen LogP contribution in [0.1, 0.15) is 21.6 Å². The molecule has 1 fully saturated rings. The molecule has 1 aliphatic heterocycles. The number of thiazole rings is 1. The molecule has 1 saturated heterocycles. The highest BCUT2D eigenvalue weighted by Gasteiger charge is 2.34. The number of thioether (sulfide) groups is 1. The van der Waals surface area contributed by atoms with Gasteiger partial charge in [-0.25, -0.2) is 4.98 Å². The lowest BCUT2D eigenvalue weighted by atomic mass is 10.2. The Kier molecular flexibility index (Phi) is 7.51. The summed E-state index contributed by atoms with van der Waals surface area (Å²) in [6.45, 7) is 0.217. The van der Waals surface area contributed by atoms with Crippen LogP contribution in [0.25, 0.3) is 6.08 Å². The van der Waals surface area contributed by atoms with Crippen LogP contribution in [0.4, 0.5) is 9.93 Å². The van der Waals surface area contributed by atoms with Gasteiger partial charge in [-0.05, 0) is 35.5 Å². The molecule has 10 heteroatoms. The van der Waals surface area contributed by atoms with Crippen molar-refractivity contribution in [2.75, 3.05) is 18.4 Å².